The van der Waals surface area contributed by atoms with E-state index < -0.39 is 68.4 Å². The molecule has 2 aromatic heterocycles. The number of oxime groups is 3. The molecule has 0 amide bonds. The van der Waals surface area contributed by atoms with Crippen molar-refractivity contribution in [1.82, 2.24) is 0 Å². The summed E-state index contributed by atoms with van der Waals surface area (Å²) in [6.45, 7) is 21.3. The molecule has 780 valence electrons. The van der Waals surface area contributed by atoms with Gasteiger partial charge in [0, 0.05) is 52.7 Å². The molecular weight excluding hydrogens is 2290 g/mol. The Balaban J connectivity index is 0.000000181. The predicted molar refractivity (Wildman–Crippen MR) is 659 cm³/mol. The maximum absolute atomic E-state index is 7.18. The van der Waals surface area contributed by atoms with E-state index in [1.807, 2.05) is 106 Å². The zero-order valence-electron chi connectivity index (χ0n) is 88.8. The number of furan rings is 2. The molecule has 0 saturated heterocycles. The van der Waals surface area contributed by atoms with Crippen LogP contribution in [0.4, 0.5) is 0 Å². The normalized spacial score (nSPS) is 11.3. The third-order valence-corrected chi connectivity index (χ3v) is 65.7. The summed E-state index contributed by atoms with van der Waals surface area (Å²) in [6.07, 6.45) is 16.6. The standard InChI is InChI=1S/C22H24N4O3.4C18H15P.C9H11BrN2O.C4H2O.6C4H9.Pd.2Sn/c1-3-27-25-21(23)17-9-5-15(6-10-17)19-13-14-20(29-19)16-7-11-18(12-8-16)22(24)26-28-4-2;4*1-4-10-16(11-5-1)19(17-12-6-2-7-13-17)18-14-8-3-9-15-18;1-2-13-12-9(11)7-3-5-8(10)6-4-7;1-2-4-5-3-1;6*1-3-4-2;;;/h5-14H,3-4H2,1-2H3,(H2,23,25)(H2,24,26);4*1-15H;3-6H,2H2,1H3,(H2,11,12);1-2H;6*1,3-4H2,2H3;;;. The van der Waals surface area contributed by atoms with Crippen molar-refractivity contribution in [3.05, 3.63) is 482 Å². The van der Waals surface area contributed by atoms with Crippen LogP contribution < -0.4 is 88.4 Å². The quantitative estimate of drug-likeness (QED) is 0.0112. The monoisotopic (exact) mass is 2440 g/mol. The zero-order chi connectivity index (χ0) is 105. The van der Waals surface area contributed by atoms with Crippen molar-refractivity contribution in [2.24, 2.45) is 32.7 Å². The van der Waals surface area contributed by atoms with Gasteiger partial charge in [-0.2, -0.15) is 0 Å². The van der Waals surface area contributed by atoms with Crippen LogP contribution in [-0.4, -0.2) is 74.1 Å². The molecule has 19 heteroatoms. The first-order valence-electron chi connectivity index (χ1n) is 53.1. The number of nitrogens with two attached hydrogens (primary N) is 3. The second-order valence-corrected chi connectivity index (χ2v) is 72.0. The molecule has 0 bridgehead atoms. The first-order valence-corrected chi connectivity index (χ1v) is 74.2. The molecule has 0 atom stereocenters. The summed E-state index contributed by atoms with van der Waals surface area (Å²) < 4.78 is 26.6. The van der Waals surface area contributed by atoms with Crippen LogP contribution in [0.3, 0.4) is 0 Å². The summed E-state index contributed by atoms with van der Waals surface area (Å²) in [5.41, 5.74) is 21.7. The Morgan fingerprint density at radius 2 is 0.393 bits per heavy atom. The molecule has 6 N–H and O–H groups in total. The van der Waals surface area contributed by atoms with Gasteiger partial charge in [0.25, 0.3) is 0 Å². The number of hydrogen-bond acceptors (Lipinski definition) is 8. The number of nitrogens with zero attached hydrogens (tertiary/aromatic N) is 3. The number of amidine groups is 3. The molecule has 2 heterocycles. The molecule has 0 radical (unpaired) electrons. The van der Waals surface area contributed by atoms with E-state index in [1.165, 1.54) is 167 Å². The molecule has 0 fully saturated rings. The Morgan fingerprint density at radius 1 is 0.227 bits per heavy atom. The van der Waals surface area contributed by atoms with Crippen molar-refractivity contribution in [3.8, 4) is 22.6 Å². The average molecular weight is 2440 g/mol. The number of hydrogen-bond donors (Lipinski definition) is 3. The topological polar surface area (TPSA) is 169 Å². The fraction of sp³-hybridized carbons (Fsp3) is 0.229. The second kappa shape index (κ2) is 69.6. The molecule has 150 heavy (non-hydrogen) atoms. The maximum atomic E-state index is 7.18. The van der Waals surface area contributed by atoms with Crippen molar-refractivity contribution in [1.29, 1.82) is 0 Å². The van der Waals surface area contributed by atoms with Crippen molar-refractivity contribution in [2.75, 3.05) is 19.8 Å². The van der Waals surface area contributed by atoms with Gasteiger partial charge >= 0.3 is 206 Å². The van der Waals surface area contributed by atoms with Crippen LogP contribution in [0.2, 0.25) is 26.6 Å². The molecule has 0 aliphatic rings. The summed E-state index contributed by atoms with van der Waals surface area (Å²) >= 11 is -1.56. The fourth-order valence-corrected chi connectivity index (χ4v) is 58.5. The van der Waals surface area contributed by atoms with Crippen LogP contribution in [0.1, 0.15) is 156 Å². The van der Waals surface area contributed by atoms with E-state index in [0.717, 1.165) is 43.8 Å². The van der Waals surface area contributed by atoms with Crippen molar-refractivity contribution >= 4 is 173 Å². The molecule has 0 aliphatic heterocycles. The molecule has 17 aromatic rings. The molecule has 15 aromatic carbocycles. The van der Waals surface area contributed by atoms with E-state index in [-0.39, 0.29) is 20.4 Å². The predicted octanol–water partition coefficient (Wildman–Crippen LogP) is 29.2. The molecule has 17 rings (SSSR count). The number of benzene rings is 15. The van der Waals surface area contributed by atoms with E-state index in [1.54, 1.807) is 7.55 Å². The summed E-state index contributed by atoms with van der Waals surface area (Å²) in [5.74, 6) is 2.59. The van der Waals surface area contributed by atoms with Crippen molar-refractivity contribution < 1.29 is 43.8 Å². The third-order valence-electron chi connectivity index (χ3n) is 25.4. The second-order valence-electron chi connectivity index (χ2n) is 36.2. The Kier molecular flexibility index (Phi) is 56.2. The van der Waals surface area contributed by atoms with E-state index in [0.29, 0.717) is 37.3 Å². The van der Waals surface area contributed by atoms with Gasteiger partial charge in [-0.3, -0.25) is 0 Å². The fourth-order valence-electron chi connectivity index (χ4n) is 17.6. The van der Waals surface area contributed by atoms with Gasteiger partial charge in [0.1, 0.15) is 31.3 Å². The molecule has 11 nitrogen and oxygen atoms in total. The first kappa shape index (κ1) is 121. The Hall–Kier alpha value is -10.9. The number of halogens is 1. The van der Waals surface area contributed by atoms with Gasteiger partial charge in [-0.15, -0.1) is 0 Å². The Labute approximate surface area is 931 Å². The van der Waals surface area contributed by atoms with Crippen LogP contribution >= 0.6 is 47.6 Å². The minimum Gasteiger partial charge on any atom is -0.456 e. The van der Waals surface area contributed by atoms with Gasteiger partial charge in [-0.05, 0) is 140 Å². The van der Waals surface area contributed by atoms with Crippen molar-refractivity contribution in [2.45, 2.75) is 166 Å². The molecule has 0 unspecified atom stereocenters. The van der Waals surface area contributed by atoms with Gasteiger partial charge in [-0.25, -0.2) is 0 Å². The maximum Gasteiger partial charge on any atom is 0.170 e. The van der Waals surface area contributed by atoms with Gasteiger partial charge < -0.3 is 36.1 Å². The molecule has 0 saturated carbocycles. The molecule has 0 aliphatic carbocycles. The van der Waals surface area contributed by atoms with E-state index in [2.05, 4.69) is 449 Å². The zero-order valence-corrected chi connectivity index (χ0v) is 101. The van der Waals surface area contributed by atoms with Crippen LogP contribution in [0, 0.1) is 0 Å². The van der Waals surface area contributed by atoms with E-state index in [9.17, 15) is 0 Å². The summed E-state index contributed by atoms with van der Waals surface area (Å²) in [7, 11) is -1.78. The number of rotatable bonds is 43. The van der Waals surface area contributed by atoms with Crippen LogP contribution in [0.25, 0.3) is 22.6 Å². The van der Waals surface area contributed by atoms with Crippen LogP contribution in [-0.2, 0) is 34.9 Å². The van der Waals surface area contributed by atoms with Crippen LogP contribution in [0.5, 0.6) is 0 Å². The van der Waals surface area contributed by atoms with Crippen LogP contribution in [0.15, 0.2) is 490 Å². The minimum absolute atomic E-state index is 0. The summed E-state index contributed by atoms with van der Waals surface area (Å²) in [5, 5.41) is 28.2. The SMILES string of the molecule is CCC[CH2][Sn]([CH2]CCC)([CH2]CCC)[c]1cc[c]([Sn]([CH2]CCC)([CH2]CCC)[CH2]CCC)o1.CCO/N=C(\N)c1ccc(-c2ccc(-c3ccc(/C(N)=N\OCC)cc3)o2)cc1.CCO/N=C(\N)c1ccc(Br)cc1.[Pd].c1ccc(P(c2ccccc2)c2ccccc2)cc1.c1ccc(P(c2ccccc2)c2ccccc2)cc1.c1ccc(P(c2ccccc2)c2ccccc2)cc1.c1ccc(P(c2ccccc2)c2ccccc2)cc1. The van der Waals surface area contributed by atoms with E-state index in [4.69, 9.17) is 40.5 Å². The van der Waals surface area contributed by atoms with Gasteiger partial charge in [0.05, 0.1) is 0 Å². The average Bonchev–Trinajstić information content (AvgIpc) is 1.63. The summed E-state index contributed by atoms with van der Waals surface area (Å²) in [4.78, 5) is 14.8. The number of unbranched alkanes of at least 4 members (excludes halogenated alkanes) is 6. The van der Waals surface area contributed by atoms with Gasteiger partial charge in [-0.1, -0.05) is 456 Å². The summed E-state index contributed by atoms with van der Waals surface area (Å²) in [6, 6.07) is 161. The smallest absolute Gasteiger partial charge is 0.170 e. The minimum atomic E-state index is -2.45. The Bertz CT molecular complexity index is 5540. The molecule has 0 spiro atoms. The van der Waals surface area contributed by atoms with E-state index >= 15 is 0 Å². The third kappa shape index (κ3) is 39.0. The van der Waals surface area contributed by atoms with Gasteiger partial charge in [0.15, 0.2) is 17.5 Å². The Morgan fingerprint density at radius 3 is 0.553 bits per heavy atom. The molecular formula is C131H151BrN6O5P4PdSn2. The van der Waals surface area contributed by atoms with Gasteiger partial charge in [0.2, 0.25) is 0 Å². The first-order chi connectivity index (χ1) is 73.2. The van der Waals surface area contributed by atoms with Crippen molar-refractivity contribution in [3.63, 3.8) is 0 Å². The largest absolute Gasteiger partial charge is 0.456 e.